The van der Waals surface area contributed by atoms with Gasteiger partial charge in [-0.15, -0.1) is 0 Å². The molecule has 3 N–H and O–H groups in total. The molecule has 1 saturated heterocycles. The average molecular weight is 443 g/mol. The lowest BCUT2D eigenvalue weighted by molar-refractivity contribution is 0.0698. The van der Waals surface area contributed by atoms with Crippen LogP contribution in [0.3, 0.4) is 0 Å². The number of nitrogens with zero attached hydrogens (tertiary/aromatic N) is 1. The van der Waals surface area contributed by atoms with Crippen LogP contribution in [-0.2, 0) is 0 Å². The zero-order valence-electron chi connectivity index (χ0n) is 18.2. The van der Waals surface area contributed by atoms with E-state index >= 15 is 0 Å². The van der Waals surface area contributed by atoms with E-state index in [4.69, 9.17) is 0 Å². The molecule has 1 fully saturated rings. The van der Waals surface area contributed by atoms with E-state index in [1.54, 1.807) is 24.3 Å². The third-order valence-electron chi connectivity index (χ3n) is 6.13. The van der Waals surface area contributed by atoms with Crippen LogP contribution in [0.5, 0.6) is 5.75 Å². The third kappa shape index (κ3) is 4.90. The number of carbonyl (C=O) groups is 2. The summed E-state index contributed by atoms with van der Waals surface area (Å²) in [5, 5.41) is 22.8. The highest BCUT2D eigenvalue weighted by molar-refractivity contribution is 6.09. The maximum Gasteiger partial charge on any atom is 0.337 e. The Hall–Kier alpha value is -4.06. The Morgan fingerprint density at radius 1 is 0.939 bits per heavy atom. The maximum absolute atomic E-state index is 12.9. The summed E-state index contributed by atoms with van der Waals surface area (Å²) in [6, 6.07) is 19.4. The van der Waals surface area contributed by atoms with Crippen molar-refractivity contribution in [1.29, 1.82) is 0 Å². The number of nitrogens with one attached hydrogen (secondary N) is 1. The molecule has 0 radical (unpaired) electrons. The summed E-state index contributed by atoms with van der Waals surface area (Å²) >= 11 is 0. The lowest BCUT2D eigenvalue weighted by Crippen LogP contribution is -2.28. The van der Waals surface area contributed by atoms with Gasteiger partial charge in [0.05, 0.1) is 16.8 Å². The molecule has 1 amide bonds. The summed E-state index contributed by atoms with van der Waals surface area (Å²) in [7, 11) is 0. The second kappa shape index (κ2) is 9.61. The second-order valence-electron chi connectivity index (χ2n) is 8.16. The SMILES string of the molecule is C=CN1CCC(c2ccc(C(=O)Nc3cc(-c4ccccc4)ccc3C(=O)O)c(O)c2)CC1. The summed E-state index contributed by atoms with van der Waals surface area (Å²) in [4.78, 5) is 26.8. The molecule has 0 bridgehead atoms. The van der Waals surface area contributed by atoms with Gasteiger partial charge >= 0.3 is 5.97 Å². The molecule has 33 heavy (non-hydrogen) atoms. The van der Waals surface area contributed by atoms with E-state index in [2.05, 4.69) is 16.8 Å². The molecule has 0 saturated carbocycles. The minimum atomic E-state index is -1.14. The fraction of sp³-hybridized carbons (Fsp3) is 0.185. The fourth-order valence-corrected chi connectivity index (χ4v) is 4.24. The molecule has 1 aliphatic rings. The number of carboxylic acid groups (broad SMARTS) is 1. The van der Waals surface area contributed by atoms with E-state index in [1.807, 2.05) is 42.6 Å². The van der Waals surface area contributed by atoms with Crippen molar-refractivity contribution in [2.75, 3.05) is 18.4 Å². The van der Waals surface area contributed by atoms with Gasteiger partial charge in [-0.3, -0.25) is 4.79 Å². The first-order valence-corrected chi connectivity index (χ1v) is 10.9. The molecule has 6 heteroatoms. The first-order valence-electron chi connectivity index (χ1n) is 10.9. The number of amides is 1. The summed E-state index contributed by atoms with van der Waals surface area (Å²) < 4.78 is 0. The Labute approximate surface area is 192 Å². The van der Waals surface area contributed by atoms with E-state index in [0.717, 1.165) is 42.6 Å². The van der Waals surface area contributed by atoms with Crippen molar-refractivity contribution in [1.82, 2.24) is 4.90 Å². The van der Waals surface area contributed by atoms with Gasteiger partial charge in [0.2, 0.25) is 0 Å². The number of hydrogen-bond donors (Lipinski definition) is 3. The first-order chi connectivity index (χ1) is 16.0. The number of anilines is 1. The van der Waals surface area contributed by atoms with Gasteiger partial charge in [0, 0.05) is 13.1 Å². The molecule has 0 aliphatic carbocycles. The molecule has 0 aromatic heterocycles. The number of aromatic carboxylic acids is 1. The largest absolute Gasteiger partial charge is 0.507 e. The van der Waals surface area contributed by atoms with E-state index in [1.165, 1.54) is 6.07 Å². The molecular weight excluding hydrogens is 416 g/mol. The van der Waals surface area contributed by atoms with Crippen LogP contribution in [-0.4, -0.2) is 40.1 Å². The molecular formula is C27H26N2O4. The fourth-order valence-electron chi connectivity index (χ4n) is 4.24. The van der Waals surface area contributed by atoms with Crippen LogP contribution < -0.4 is 5.32 Å². The Bertz CT molecular complexity index is 1180. The average Bonchev–Trinajstić information content (AvgIpc) is 2.84. The zero-order valence-corrected chi connectivity index (χ0v) is 18.2. The Morgan fingerprint density at radius 3 is 2.27 bits per heavy atom. The molecule has 3 aromatic rings. The van der Waals surface area contributed by atoms with Gasteiger partial charge in [-0.25, -0.2) is 4.79 Å². The number of carboxylic acids is 1. The molecule has 0 atom stereocenters. The molecule has 4 rings (SSSR count). The number of phenols is 1. The van der Waals surface area contributed by atoms with Crippen LogP contribution in [0.15, 0.2) is 79.5 Å². The predicted octanol–water partition coefficient (Wildman–Crippen LogP) is 5.33. The normalized spacial score (nSPS) is 14.0. The number of benzene rings is 3. The highest BCUT2D eigenvalue weighted by Gasteiger charge is 2.22. The van der Waals surface area contributed by atoms with Gasteiger partial charge in [0.1, 0.15) is 5.75 Å². The Morgan fingerprint density at radius 2 is 1.64 bits per heavy atom. The number of carbonyl (C=O) groups excluding carboxylic acids is 1. The number of aromatic hydroxyl groups is 1. The topological polar surface area (TPSA) is 89.9 Å². The Kier molecular flexibility index (Phi) is 6.45. The summed E-state index contributed by atoms with van der Waals surface area (Å²) in [6.07, 6.45) is 3.75. The number of likely N-dealkylation sites (tertiary alicyclic amines) is 1. The van der Waals surface area contributed by atoms with Gasteiger partial charge in [-0.1, -0.05) is 49.0 Å². The van der Waals surface area contributed by atoms with Crippen LogP contribution in [0, 0.1) is 0 Å². The molecule has 0 unspecified atom stereocenters. The van der Waals surface area contributed by atoms with E-state index in [0.29, 0.717) is 5.92 Å². The van der Waals surface area contributed by atoms with Gasteiger partial charge in [0.25, 0.3) is 5.91 Å². The van der Waals surface area contributed by atoms with Crippen LogP contribution in [0.25, 0.3) is 11.1 Å². The quantitative estimate of drug-likeness (QED) is 0.480. The number of phenolic OH excluding ortho intramolecular Hbond substituents is 1. The van der Waals surface area contributed by atoms with Crippen molar-refractivity contribution in [3.05, 3.63) is 96.2 Å². The van der Waals surface area contributed by atoms with Gasteiger partial charge in [0.15, 0.2) is 0 Å². The van der Waals surface area contributed by atoms with Crippen LogP contribution in [0.1, 0.15) is 45.0 Å². The lowest BCUT2D eigenvalue weighted by atomic mass is 9.89. The monoisotopic (exact) mass is 442 g/mol. The molecule has 0 spiro atoms. The van der Waals surface area contributed by atoms with Crippen molar-refractivity contribution in [3.8, 4) is 16.9 Å². The maximum atomic E-state index is 12.9. The highest BCUT2D eigenvalue weighted by Crippen LogP contribution is 2.32. The van der Waals surface area contributed by atoms with E-state index in [9.17, 15) is 19.8 Å². The van der Waals surface area contributed by atoms with Crippen molar-refractivity contribution in [2.24, 2.45) is 0 Å². The zero-order chi connectivity index (χ0) is 23.4. The lowest BCUT2D eigenvalue weighted by Gasteiger charge is -2.31. The minimum Gasteiger partial charge on any atom is -0.507 e. The van der Waals surface area contributed by atoms with Crippen molar-refractivity contribution in [2.45, 2.75) is 18.8 Å². The van der Waals surface area contributed by atoms with Gasteiger partial charge in [-0.05, 0) is 65.9 Å². The smallest absolute Gasteiger partial charge is 0.337 e. The minimum absolute atomic E-state index is 0.0203. The molecule has 1 aliphatic heterocycles. The van der Waals surface area contributed by atoms with E-state index < -0.39 is 11.9 Å². The predicted molar refractivity (Wildman–Crippen MR) is 129 cm³/mol. The number of piperidine rings is 1. The van der Waals surface area contributed by atoms with Crippen molar-refractivity contribution < 1.29 is 19.8 Å². The third-order valence-corrected chi connectivity index (χ3v) is 6.13. The van der Waals surface area contributed by atoms with Gasteiger partial charge in [-0.2, -0.15) is 0 Å². The molecule has 3 aromatic carbocycles. The van der Waals surface area contributed by atoms with E-state index in [-0.39, 0.29) is 22.6 Å². The standard InChI is InChI=1S/C27H26N2O4/c1-2-29-14-12-19(13-15-29)21-9-11-23(25(30)17-21)26(31)28-24-16-20(8-10-22(24)27(32)33)18-6-4-3-5-7-18/h2-11,16-17,19,30H,1,12-15H2,(H,28,31)(H,32,33). The summed E-state index contributed by atoms with van der Waals surface area (Å²) in [5.74, 6) is -1.51. The van der Waals surface area contributed by atoms with Crippen LogP contribution in [0.2, 0.25) is 0 Å². The van der Waals surface area contributed by atoms with Crippen molar-refractivity contribution >= 4 is 17.6 Å². The Balaban J connectivity index is 1.56. The van der Waals surface area contributed by atoms with Crippen LogP contribution in [0.4, 0.5) is 5.69 Å². The van der Waals surface area contributed by atoms with Crippen LogP contribution >= 0.6 is 0 Å². The first kappa shape index (κ1) is 22.1. The number of rotatable bonds is 6. The molecule has 1 heterocycles. The second-order valence-corrected chi connectivity index (χ2v) is 8.16. The number of hydrogen-bond acceptors (Lipinski definition) is 4. The summed E-state index contributed by atoms with van der Waals surface area (Å²) in [6.45, 7) is 5.63. The van der Waals surface area contributed by atoms with Crippen molar-refractivity contribution in [3.63, 3.8) is 0 Å². The highest BCUT2D eigenvalue weighted by atomic mass is 16.4. The molecule has 6 nitrogen and oxygen atoms in total. The van der Waals surface area contributed by atoms with Gasteiger partial charge < -0.3 is 20.4 Å². The molecule has 168 valence electrons. The summed E-state index contributed by atoms with van der Waals surface area (Å²) in [5.41, 5.74) is 2.93.